The predicted molar refractivity (Wildman–Crippen MR) is 93.9 cm³/mol. The minimum absolute atomic E-state index is 0.0227. The number of benzene rings is 3. The molecule has 0 aliphatic carbocycles. The van der Waals surface area contributed by atoms with E-state index in [9.17, 15) is 4.79 Å². The van der Waals surface area contributed by atoms with Crippen LogP contribution in [0.15, 0.2) is 66.7 Å². The first kappa shape index (κ1) is 15.1. The van der Waals surface area contributed by atoms with Crippen LogP contribution in [0, 0.1) is 0 Å². The van der Waals surface area contributed by atoms with Gasteiger partial charge >= 0.3 is 0 Å². The second kappa shape index (κ2) is 6.97. The van der Waals surface area contributed by atoms with E-state index in [1.165, 1.54) is 0 Å². The van der Waals surface area contributed by atoms with Crippen LogP contribution < -0.4 is 10.1 Å². The summed E-state index contributed by atoms with van der Waals surface area (Å²) in [6.07, 6.45) is 0.343. The van der Waals surface area contributed by atoms with E-state index in [0.29, 0.717) is 13.0 Å². The molecule has 3 heteroatoms. The van der Waals surface area contributed by atoms with E-state index in [-0.39, 0.29) is 5.91 Å². The molecule has 0 heterocycles. The largest absolute Gasteiger partial charge is 0.494 e. The summed E-state index contributed by atoms with van der Waals surface area (Å²) in [7, 11) is 0. The maximum atomic E-state index is 12.3. The third-order valence-corrected chi connectivity index (χ3v) is 3.66. The van der Waals surface area contributed by atoms with Crippen molar-refractivity contribution in [3.63, 3.8) is 0 Å². The Morgan fingerprint density at radius 3 is 2.48 bits per heavy atom. The summed E-state index contributed by atoms with van der Waals surface area (Å²) in [5, 5.41) is 5.17. The van der Waals surface area contributed by atoms with Gasteiger partial charge in [0.2, 0.25) is 5.91 Å². The molecule has 1 amide bonds. The van der Waals surface area contributed by atoms with Gasteiger partial charge in [-0.15, -0.1) is 0 Å². The molecule has 23 heavy (non-hydrogen) atoms. The molecule has 0 atom stereocenters. The van der Waals surface area contributed by atoms with Crippen molar-refractivity contribution in [1.82, 2.24) is 0 Å². The molecule has 3 aromatic rings. The maximum absolute atomic E-state index is 12.3. The highest BCUT2D eigenvalue weighted by atomic mass is 16.5. The molecule has 3 aromatic carbocycles. The van der Waals surface area contributed by atoms with Gasteiger partial charge in [-0.2, -0.15) is 0 Å². The van der Waals surface area contributed by atoms with Crippen molar-refractivity contribution in [1.29, 1.82) is 0 Å². The van der Waals surface area contributed by atoms with Gasteiger partial charge in [0.1, 0.15) is 5.75 Å². The van der Waals surface area contributed by atoms with Gasteiger partial charge in [0.15, 0.2) is 0 Å². The molecule has 0 bridgehead atoms. The molecule has 116 valence electrons. The highest BCUT2D eigenvalue weighted by Gasteiger charge is 2.07. The molecule has 0 spiro atoms. The topological polar surface area (TPSA) is 38.3 Å². The average Bonchev–Trinajstić information content (AvgIpc) is 2.57. The first-order valence-corrected chi connectivity index (χ1v) is 7.75. The van der Waals surface area contributed by atoms with Crippen molar-refractivity contribution in [3.05, 3.63) is 72.3 Å². The molecular weight excluding hydrogens is 286 g/mol. The second-order valence-corrected chi connectivity index (χ2v) is 5.33. The Morgan fingerprint density at radius 2 is 1.70 bits per heavy atom. The van der Waals surface area contributed by atoms with Crippen LogP contribution in [0.25, 0.3) is 10.8 Å². The number of hydrogen-bond donors (Lipinski definition) is 1. The number of rotatable bonds is 5. The summed E-state index contributed by atoms with van der Waals surface area (Å²) >= 11 is 0. The first-order chi connectivity index (χ1) is 11.3. The molecule has 0 saturated heterocycles. The van der Waals surface area contributed by atoms with Crippen LogP contribution in [-0.4, -0.2) is 12.5 Å². The Morgan fingerprint density at radius 1 is 0.957 bits per heavy atom. The number of hydrogen-bond acceptors (Lipinski definition) is 2. The van der Waals surface area contributed by atoms with Crippen molar-refractivity contribution in [2.24, 2.45) is 0 Å². The third-order valence-electron chi connectivity index (χ3n) is 3.66. The minimum Gasteiger partial charge on any atom is -0.494 e. The lowest BCUT2D eigenvalue weighted by molar-refractivity contribution is -0.115. The normalized spacial score (nSPS) is 10.5. The Labute approximate surface area is 135 Å². The van der Waals surface area contributed by atoms with E-state index in [1.807, 2.05) is 73.7 Å². The molecule has 0 aliphatic heterocycles. The molecule has 3 rings (SSSR count). The zero-order chi connectivity index (χ0) is 16.1. The fourth-order valence-electron chi connectivity index (χ4n) is 2.58. The lowest BCUT2D eigenvalue weighted by Gasteiger charge is -2.09. The van der Waals surface area contributed by atoms with Crippen LogP contribution in [0.2, 0.25) is 0 Å². The Hall–Kier alpha value is -2.81. The van der Waals surface area contributed by atoms with Gasteiger partial charge in [0.25, 0.3) is 0 Å². The molecule has 1 N–H and O–H groups in total. The van der Waals surface area contributed by atoms with Gasteiger partial charge in [-0.1, -0.05) is 48.5 Å². The first-order valence-electron chi connectivity index (χ1n) is 7.75. The molecule has 0 fully saturated rings. The summed E-state index contributed by atoms with van der Waals surface area (Å²) in [5.41, 5.74) is 1.81. The molecular formula is C20H19NO2. The number of amides is 1. The molecule has 3 nitrogen and oxygen atoms in total. The highest BCUT2D eigenvalue weighted by Crippen LogP contribution is 2.23. The number of nitrogens with one attached hydrogen (secondary N) is 1. The molecule has 0 aliphatic rings. The lowest BCUT2D eigenvalue weighted by atomic mass is 10.1. The summed E-state index contributed by atoms with van der Waals surface area (Å²) in [5.74, 6) is 0.802. The van der Waals surface area contributed by atoms with Crippen molar-refractivity contribution >= 4 is 22.4 Å². The van der Waals surface area contributed by atoms with E-state index >= 15 is 0 Å². The van der Waals surface area contributed by atoms with Gasteiger partial charge in [-0.25, -0.2) is 0 Å². The van der Waals surface area contributed by atoms with Crippen LogP contribution in [0.4, 0.5) is 5.69 Å². The van der Waals surface area contributed by atoms with Crippen LogP contribution in [0.1, 0.15) is 12.5 Å². The predicted octanol–water partition coefficient (Wildman–Crippen LogP) is 4.42. The van der Waals surface area contributed by atoms with Crippen LogP contribution in [0.3, 0.4) is 0 Å². The van der Waals surface area contributed by atoms with E-state index in [1.54, 1.807) is 0 Å². The number of carbonyl (C=O) groups excluding carboxylic acids is 1. The quantitative estimate of drug-likeness (QED) is 0.758. The zero-order valence-electron chi connectivity index (χ0n) is 13.1. The SMILES string of the molecule is CCOc1ccc(CC(=O)Nc2cccc3ccccc23)cc1. The number of fused-ring (bicyclic) bond motifs is 1. The molecule has 0 unspecified atom stereocenters. The summed E-state index contributed by atoms with van der Waals surface area (Å²) in [6, 6.07) is 21.6. The van der Waals surface area contributed by atoms with Gasteiger partial charge in [0.05, 0.1) is 13.0 Å². The van der Waals surface area contributed by atoms with Crippen molar-refractivity contribution < 1.29 is 9.53 Å². The monoisotopic (exact) mass is 305 g/mol. The fraction of sp³-hybridized carbons (Fsp3) is 0.150. The lowest BCUT2D eigenvalue weighted by Crippen LogP contribution is -2.14. The van der Waals surface area contributed by atoms with Gasteiger partial charge < -0.3 is 10.1 Å². The summed E-state index contributed by atoms with van der Waals surface area (Å²) in [4.78, 5) is 12.3. The number of carbonyl (C=O) groups is 1. The maximum Gasteiger partial charge on any atom is 0.228 e. The van der Waals surface area contributed by atoms with Crippen LogP contribution in [0.5, 0.6) is 5.75 Å². The van der Waals surface area contributed by atoms with E-state index in [4.69, 9.17) is 4.74 Å². The van der Waals surface area contributed by atoms with E-state index < -0.39 is 0 Å². The Kier molecular flexibility index (Phi) is 4.57. The number of anilines is 1. The van der Waals surface area contributed by atoms with Crippen molar-refractivity contribution in [2.45, 2.75) is 13.3 Å². The van der Waals surface area contributed by atoms with Crippen LogP contribution in [-0.2, 0) is 11.2 Å². The van der Waals surface area contributed by atoms with Gasteiger partial charge in [-0.3, -0.25) is 4.79 Å². The van der Waals surface area contributed by atoms with Gasteiger partial charge in [0, 0.05) is 11.1 Å². The number of ether oxygens (including phenoxy) is 1. The average molecular weight is 305 g/mol. The van der Waals surface area contributed by atoms with Gasteiger partial charge in [-0.05, 0) is 36.1 Å². The Balaban J connectivity index is 1.71. The Bertz CT molecular complexity index is 804. The molecule has 0 saturated carbocycles. The fourth-order valence-corrected chi connectivity index (χ4v) is 2.58. The molecule has 0 radical (unpaired) electrons. The zero-order valence-corrected chi connectivity index (χ0v) is 13.1. The smallest absolute Gasteiger partial charge is 0.228 e. The van der Waals surface area contributed by atoms with Crippen molar-refractivity contribution in [3.8, 4) is 5.75 Å². The highest BCUT2D eigenvalue weighted by molar-refractivity contribution is 6.02. The van der Waals surface area contributed by atoms with Crippen molar-refractivity contribution in [2.75, 3.05) is 11.9 Å². The third kappa shape index (κ3) is 3.69. The van der Waals surface area contributed by atoms with E-state index in [0.717, 1.165) is 27.8 Å². The summed E-state index contributed by atoms with van der Waals surface area (Å²) < 4.78 is 5.41. The van der Waals surface area contributed by atoms with Crippen LogP contribution >= 0.6 is 0 Å². The second-order valence-electron chi connectivity index (χ2n) is 5.33. The molecule has 0 aromatic heterocycles. The standard InChI is InChI=1S/C20H19NO2/c1-2-23-17-12-10-15(11-13-17)14-20(22)21-19-9-5-7-16-6-3-4-8-18(16)19/h3-13H,2,14H2,1H3,(H,21,22). The minimum atomic E-state index is -0.0227. The van der Waals surface area contributed by atoms with E-state index in [2.05, 4.69) is 5.32 Å². The summed E-state index contributed by atoms with van der Waals surface area (Å²) in [6.45, 7) is 2.59.